The van der Waals surface area contributed by atoms with Crippen LogP contribution in [0.2, 0.25) is 5.02 Å². The van der Waals surface area contributed by atoms with Gasteiger partial charge in [-0.15, -0.1) is 0 Å². The number of nitrogens with one attached hydrogen (secondary N) is 1. The van der Waals surface area contributed by atoms with Gasteiger partial charge in [0, 0.05) is 19.8 Å². The third-order valence-electron chi connectivity index (χ3n) is 3.10. The summed E-state index contributed by atoms with van der Waals surface area (Å²) in [5.74, 6) is -1.11. The molecule has 2 rings (SSSR count). The standard InChI is InChI=1S/C13H16ClN5O3/c1-5-19-6-8(14)10(17-19)12(20)15-9-7(2)16-18(3)11(9)13(21)22-4/h6H,5H2,1-4H3,(H,15,20). The van der Waals surface area contributed by atoms with Gasteiger partial charge in [-0.25, -0.2) is 4.79 Å². The molecule has 1 N–H and O–H groups in total. The monoisotopic (exact) mass is 325 g/mol. The molecule has 118 valence electrons. The molecule has 2 heterocycles. The number of aryl methyl sites for hydroxylation is 3. The minimum atomic E-state index is -0.594. The van der Waals surface area contributed by atoms with Crippen molar-refractivity contribution < 1.29 is 14.3 Å². The van der Waals surface area contributed by atoms with Crippen molar-refractivity contribution in [2.24, 2.45) is 7.05 Å². The summed E-state index contributed by atoms with van der Waals surface area (Å²) in [7, 11) is 2.85. The van der Waals surface area contributed by atoms with E-state index in [1.165, 1.54) is 11.8 Å². The smallest absolute Gasteiger partial charge is 0.358 e. The number of carbonyl (C=O) groups is 2. The first kappa shape index (κ1) is 16.0. The van der Waals surface area contributed by atoms with E-state index in [1.54, 1.807) is 24.9 Å². The molecule has 1 amide bonds. The van der Waals surface area contributed by atoms with Crippen LogP contribution < -0.4 is 5.32 Å². The van der Waals surface area contributed by atoms with E-state index < -0.39 is 11.9 Å². The fraction of sp³-hybridized carbons (Fsp3) is 0.385. The van der Waals surface area contributed by atoms with Gasteiger partial charge in [-0.05, 0) is 13.8 Å². The number of nitrogens with zero attached hydrogens (tertiary/aromatic N) is 4. The predicted molar refractivity (Wildman–Crippen MR) is 80.1 cm³/mol. The van der Waals surface area contributed by atoms with E-state index >= 15 is 0 Å². The van der Waals surface area contributed by atoms with Gasteiger partial charge in [-0.1, -0.05) is 11.6 Å². The molecule has 0 aliphatic heterocycles. The highest BCUT2D eigenvalue weighted by atomic mass is 35.5. The number of rotatable bonds is 4. The molecule has 0 radical (unpaired) electrons. The highest BCUT2D eigenvalue weighted by Crippen LogP contribution is 2.22. The number of aromatic nitrogens is 4. The third kappa shape index (κ3) is 2.82. The number of anilines is 1. The van der Waals surface area contributed by atoms with Crippen molar-refractivity contribution in [3.8, 4) is 0 Å². The summed E-state index contributed by atoms with van der Waals surface area (Å²) in [5, 5.41) is 11.1. The van der Waals surface area contributed by atoms with Gasteiger partial charge < -0.3 is 10.1 Å². The normalized spacial score (nSPS) is 10.6. The first-order valence-electron chi connectivity index (χ1n) is 6.55. The first-order valence-corrected chi connectivity index (χ1v) is 6.93. The zero-order valence-corrected chi connectivity index (χ0v) is 13.4. The summed E-state index contributed by atoms with van der Waals surface area (Å²) in [5.41, 5.74) is 1.01. The molecule has 0 aliphatic rings. The summed E-state index contributed by atoms with van der Waals surface area (Å²) in [6.07, 6.45) is 1.56. The van der Waals surface area contributed by atoms with Crippen LogP contribution in [0.5, 0.6) is 0 Å². The van der Waals surface area contributed by atoms with Crippen molar-refractivity contribution in [1.29, 1.82) is 0 Å². The molecule has 2 aromatic rings. The molecule has 22 heavy (non-hydrogen) atoms. The molecule has 0 saturated heterocycles. The average molecular weight is 326 g/mol. The number of esters is 1. The Morgan fingerprint density at radius 2 is 2.09 bits per heavy atom. The van der Waals surface area contributed by atoms with Gasteiger partial charge in [-0.2, -0.15) is 10.2 Å². The number of hydrogen-bond acceptors (Lipinski definition) is 5. The zero-order chi connectivity index (χ0) is 16.4. The number of hydrogen-bond donors (Lipinski definition) is 1. The molecule has 0 spiro atoms. The Kier molecular flexibility index (Phi) is 4.51. The molecule has 0 aliphatic carbocycles. The molecule has 0 fully saturated rings. The molecule has 2 aromatic heterocycles. The molecule has 0 bridgehead atoms. The van der Waals surface area contributed by atoms with Crippen LogP contribution in [0.1, 0.15) is 33.6 Å². The van der Waals surface area contributed by atoms with Crippen LogP contribution in [-0.2, 0) is 18.3 Å². The Bertz CT molecular complexity index is 734. The molecular weight excluding hydrogens is 310 g/mol. The van der Waals surface area contributed by atoms with Gasteiger partial charge >= 0.3 is 5.97 Å². The quantitative estimate of drug-likeness (QED) is 0.863. The van der Waals surface area contributed by atoms with Gasteiger partial charge in [0.15, 0.2) is 11.4 Å². The van der Waals surface area contributed by atoms with Crippen molar-refractivity contribution in [3.63, 3.8) is 0 Å². The SMILES string of the molecule is CCn1cc(Cl)c(C(=O)Nc2c(C)nn(C)c2C(=O)OC)n1. The maximum Gasteiger partial charge on any atom is 0.358 e. The lowest BCUT2D eigenvalue weighted by Gasteiger charge is -2.06. The van der Waals surface area contributed by atoms with Crippen molar-refractivity contribution in [2.45, 2.75) is 20.4 Å². The largest absolute Gasteiger partial charge is 0.464 e. The van der Waals surface area contributed by atoms with E-state index in [0.29, 0.717) is 12.2 Å². The molecule has 0 unspecified atom stereocenters. The van der Waals surface area contributed by atoms with Crippen molar-refractivity contribution in [3.05, 3.63) is 28.3 Å². The Labute approximate surface area is 132 Å². The molecule has 9 heteroatoms. The predicted octanol–water partition coefficient (Wildman–Crippen LogP) is 1.64. The van der Waals surface area contributed by atoms with Crippen LogP contribution in [-0.4, -0.2) is 38.5 Å². The molecular formula is C13H16ClN5O3. The summed E-state index contributed by atoms with van der Waals surface area (Å²) in [6.45, 7) is 4.15. The van der Waals surface area contributed by atoms with Crippen molar-refractivity contribution in [2.75, 3.05) is 12.4 Å². The number of ether oxygens (including phenoxy) is 1. The van der Waals surface area contributed by atoms with Crippen LogP contribution in [0.4, 0.5) is 5.69 Å². The minimum Gasteiger partial charge on any atom is -0.464 e. The van der Waals surface area contributed by atoms with Gasteiger partial charge in [-0.3, -0.25) is 14.2 Å². The van der Waals surface area contributed by atoms with Crippen LogP contribution in [0.3, 0.4) is 0 Å². The summed E-state index contributed by atoms with van der Waals surface area (Å²) in [6, 6.07) is 0. The lowest BCUT2D eigenvalue weighted by molar-refractivity contribution is 0.0589. The van der Waals surface area contributed by atoms with Crippen molar-refractivity contribution >= 4 is 29.2 Å². The van der Waals surface area contributed by atoms with Crippen molar-refractivity contribution in [1.82, 2.24) is 19.6 Å². The number of amides is 1. The highest BCUT2D eigenvalue weighted by molar-refractivity contribution is 6.34. The van der Waals surface area contributed by atoms with Crippen LogP contribution >= 0.6 is 11.6 Å². The maximum atomic E-state index is 12.3. The van der Waals surface area contributed by atoms with E-state index in [1.807, 2.05) is 6.92 Å². The van der Waals surface area contributed by atoms with E-state index in [0.717, 1.165) is 0 Å². The topological polar surface area (TPSA) is 91.0 Å². The second-order valence-corrected chi connectivity index (χ2v) is 4.97. The van der Waals surface area contributed by atoms with Gasteiger partial charge in [0.25, 0.3) is 5.91 Å². The van der Waals surface area contributed by atoms with Crippen LogP contribution in [0, 0.1) is 6.92 Å². The zero-order valence-electron chi connectivity index (χ0n) is 12.7. The number of carbonyl (C=O) groups excluding carboxylic acids is 2. The van der Waals surface area contributed by atoms with Gasteiger partial charge in [0.2, 0.25) is 0 Å². The minimum absolute atomic E-state index is 0.0857. The van der Waals surface area contributed by atoms with Crippen LogP contribution in [0.25, 0.3) is 0 Å². The first-order chi connectivity index (χ1) is 10.4. The second-order valence-electron chi connectivity index (χ2n) is 4.56. The number of halogens is 1. The lowest BCUT2D eigenvalue weighted by Crippen LogP contribution is -2.18. The maximum absolute atomic E-state index is 12.3. The summed E-state index contributed by atoms with van der Waals surface area (Å²) >= 11 is 6.00. The summed E-state index contributed by atoms with van der Waals surface area (Å²) in [4.78, 5) is 24.2. The Balaban J connectivity index is 2.36. The van der Waals surface area contributed by atoms with Gasteiger partial charge in [0.1, 0.15) is 0 Å². The van der Waals surface area contributed by atoms with Gasteiger partial charge in [0.05, 0.1) is 23.5 Å². The number of methoxy groups -OCH3 is 1. The average Bonchev–Trinajstić information content (AvgIpc) is 2.98. The molecule has 0 aromatic carbocycles. The Morgan fingerprint density at radius 1 is 1.41 bits per heavy atom. The molecule has 8 nitrogen and oxygen atoms in total. The Hall–Kier alpha value is -2.35. The lowest BCUT2D eigenvalue weighted by atomic mass is 10.2. The van der Waals surface area contributed by atoms with Crippen LogP contribution in [0.15, 0.2) is 6.20 Å². The second kappa shape index (κ2) is 6.18. The fourth-order valence-corrected chi connectivity index (χ4v) is 2.26. The molecule has 0 atom stereocenters. The van der Waals surface area contributed by atoms with E-state index in [4.69, 9.17) is 16.3 Å². The fourth-order valence-electron chi connectivity index (χ4n) is 2.02. The van der Waals surface area contributed by atoms with E-state index in [2.05, 4.69) is 15.5 Å². The summed E-state index contributed by atoms with van der Waals surface area (Å²) < 4.78 is 7.61. The van der Waals surface area contributed by atoms with E-state index in [9.17, 15) is 9.59 Å². The highest BCUT2D eigenvalue weighted by Gasteiger charge is 2.24. The molecule has 0 saturated carbocycles. The van der Waals surface area contributed by atoms with E-state index in [-0.39, 0.29) is 22.1 Å². The third-order valence-corrected chi connectivity index (χ3v) is 3.37. The Morgan fingerprint density at radius 3 is 2.64 bits per heavy atom.